The third-order valence-electron chi connectivity index (χ3n) is 7.14. The number of anilines is 1. The molecule has 1 N–H and O–H groups in total. The molecule has 0 aromatic carbocycles. The summed E-state index contributed by atoms with van der Waals surface area (Å²) in [6.07, 6.45) is 8.04. The maximum absolute atomic E-state index is 11.9. The van der Waals surface area contributed by atoms with Gasteiger partial charge in [-0.15, -0.1) is 0 Å². The average molecular weight is 439 g/mol. The molecule has 1 saturated carbocycles. The van der Waals surface area contributed by atoms with Crippen molar-refractivity contribution in [2.75, 3.05) is 50.8 Å². The Balaban J connectivity index is 1.20. The van der Waals surface area contributed by atoms with Gasteiger partial charge >= 0.3 is 6.09 Å². The van der Waals surface area contributed by atoms with Crippen LogP contribution in [-0.2, 0) is 4.74 Å². The van der Waals surface area contributed by atoms with Crippen LogP contribution in [-0.4, -0.2) is 94.0 Å². The van der Waals surface area contributed by atoms with E-state index in [2.05, 4.69) is 24.8 Å². The molecule has 1 unspecified atom stereocenters. The molecule has 9 heteroatoms. The molecule has 0 radical (unpaired) electrons. The van der Waals surface area contributed by atoms with E-state index < -0.39 is 0 Å². The van der Waals surface area contributed by atoms with Crippen molar-refractivity contribution in [3.8, 4) is 11.3 Å². The Morgan fingerprint density at radius 3 is 2.72 bits per heavy atom. The standard InChI is InChI=1S/C23H30N6O3/c1-2-32-22(31)29-15-23(16-29)13-17(12-20(23)30)27-8-10-28(11-9-27)21-18(4-3-5-26-21)19-14-24-6-7-25-19/h3-7,14,17,20,30H,2,8-13,15-16H2,1H3/t17?,20-/m0/s1. The predicted octanol–water partition coefficient (Wildman–Crippen LogP) is 1.64. The van der Waals surface area contributed by atoms with Crippen molar-refractivity contribution >= 4 is 11.9 Å². The first-order valence-corrected chi connectivity index (χ1v) is 11.4. The van der Waals surface area contributed by atoms with Gasteiger partial charge < -0.3 is 19.6 Å². The number of rotatable bonds is 4. The average Bonchev–Trinajstić information content (AvgIpc) is 3.16. The lowest BCUT2D eigenvalue weighted by Gasteiger charge is -2.49. The number of aliphatic hydroxyl groups excluding tert-OH is 1. The van der Waals surface area contributed by atoms with Crippen molar-refractivity contribution in [2.45, 2.75) is 31.9 Å². The Morgan fingerprint density at radius 2 is 2.00 bits per heavy atom. The van der Waals surface area contributed by atoms with E-state index in [1.807, 2.05) is 25.3 Å². The third-order valence-corrected chi connectivity index (χ3v) is 7.14. The highest BCUT2D eigenvalue weighted by Crippen LogP contribution is 2.47. The lowest BCUT2D eigenvalue weighted by Crippen LogP contribution is -2.62. The second-order valence-corrected chi connectivity index (χ2v) is 9.02. The van der Waals surface area contributed by atoms with Crippen LogP contribution in [0, 0.1) is 5.41 Å². The summed E-state index contributed by atoms with van der Waals surface area (Å²) in [6.45, 7) is 6.98. The van der Waals surface area contributed by atoms with Crippen LogP contribution in [0.2, 0.25) is 0 Å². The van der Waals surface area contributed by atoms with Crippen LogP contribution in [0.15, 0.2) is 36.9 Å². The quantitative estimate of drug-likeness (QED) is 0.770. The molecule has 1 aliphatic carbocycles. The zero-order valence-electron chi connectivity index (χ0n) is 18.4. The van der Waals surface area contributed by atoms with Gasteiger partial charge in [-0.25, -0.2) is 9.78 Å². The lowest BCUT2D eigenvalue weighted by atomic mass is 9.76. The van der Waals surface area contributed by atoms with Crippen LogP contribution in [0.4, 0.5) is 10.6 Å². The number of hydrogen-bond donors (Lipinski definition) is 1. The largest absolute Gasteiger partial charge is 0.450 e. The molecular weight excluding hydrogens is 408 g/mol. The number of pyridine rings is 1. The lowest BCUT2D eigenvalue weighted by molar-refractivity contribution is -0.0656. The van der Waals surface area contributed by atoms with Crippen molar-refractivity contribution in [3.05, 3.63) is 36.9 Å². The monoisotopic (exact) mass is 438 g/mol. The fraction of sp³-hybridized carbons (Fsp3) is 0.565. The highest BCUT2D eigenvalue weighted by Gasteiger charge is 2.56. The van der Waals surface area contributed by atoms with E-state index >= 15 is 0 Å². The van der Waals surface area contributed by atoms with Crippen LogP contribution in [0.3, 0.4) is 0 Å². The van der Waals surface area contributed by atoms with Crippen molar-refractivity contribution in [2.24, 2.45) is 5.41 Å². The number of nitrogens with zero attached hydrogens (tertiary/aromatic N) is 6. The predicted molar refractivity (Wildman–Crippen MR) is 119 cm³/mol. The Morgan fingerprint density at radius 1 is 1.19 bits per heavy atom. The van der Waals surface area contributed by atoms with Crippen molar-refractivity contribution in [3.63, 3.8) is 0 Å². The van der Waals surface area contributed by atoms with Gasteiger partial charge in [0.15, 0.2) is 0 Å². The number of aliphatic hydroxyl groups is 1. The second-order valence-electron chi connectivity index (χ2n) is 9.02. The second kappa shape index (κ2) is 8.63. The minimum atomic E-state index is -0.366. The van der Waals surface area contributed by atoms with Crippen LogP contribution >= 0.6 is 0 Å². The number of ether oxygens (including phenoxy) is 1. The van der Waals surface area contributed by atoms with Crippen LogP contribution in [0.1, 0.15) is 19.8 Å². The first-order valence-electron chi connectivity index (χ1n) is 11.4. The maximum atomic E-state index is 11.9. The molecule has 1 amide bonds. The molecule has 3 fully saturated rings. The van der Waals surface area contributed by atoms with Gasteiger partial charge in [-0.1, -0.05) is 0 Å². The summed E-state index contributed by atoms with van der Waals surface area (Å²) in [6, 6.07) is 4.32. The molecule has 4 heterocycles. The van der Waals surface area contributed by atoms with Crippen LogP contribution in [0.5, 0.6) is 0 Å². The van der Waals surface area contributed by atoms with Crippen molar-refractivity contribution in [1.82, 2.24) is 24.8 Å². The molecule has 2 saturated heterocycles. The van der Waals surface area contributed by atoms with Crippen LogP contribution < -0.4 is 4.90 Å². The van der Waals surface area contributed by atoms with Crippen molar-refractivity contribution < 1.29 is 14.6 Å². The van der Waals surface area contributed by atoms with E-state index in [4.69, 9.17) is 4.74 Å². The topological polar surface area (TPSA) is 94.9 Å². The molecule has 170 valence electrons. The number of hydrogen-bond acceptors (Lipinski definition) is 8. The summed E-state index contributed by atoms with van der Waals surface area (Å²) >= 11 is 0. The van der Waals surface area contributed by atoms with Gasteiger partial charge in [0.2, 0.25) is 0 Å². The summed E-state index contributed by atoms with van der Waals surface area (Å²) in [5.74, 6) is 0.944. The van der Waals surface area contributed by atoms with Gasteiger partial charge in [0.05, 0.1) is 24.6 Å². The Hall–Kier alpha value is -2.78. The molecular formula is C23H30N6O3. The summed E-state index contributed by atoms with van der Waals surface area (Å²) < 4.78 is 5.10. The smallest absolute Gasteiger partial charge is 0.409 e. The van der Waals surface area contributed by atoms with Crippen LogP contribution in [0.25, 0.3) is 11.3 Å². The van der Waals surface area contributed by atoms with E-state index in [0.29, 0.717) is 25.7 Å². The molecule has 9 nitrogen and oxygen atoms in total. The molecule has 0 bridgehead atoms. The summed E-state index contributed by atoms with van der Waals surface area (Å²) in [4.78, 5) is 31.8. The van der Waals surface area contributed by atoms with Gasteiger partial charge in [0, 0.05) is 74.9 Å². The van der Waals surface area contributed by atoms with E-state index in [-0.39, 0.29) is 17.6 Å². The first kappa shape index (κ1) is 21.1. The number of piperazine rings is 1. The zero-order valence-corrected chi connectivity index (χ0v) is 18.4. The van der Waals surface area contributed by atoms with Gasteiger partial charge in [-0.2, -0.15) is 0 Å². The highest BCUT2D eigenvalue weighted by atomic mass is 16.6. The highest BCUT2D eigenvalue weighted by molar-refractivity contribution is 5.72. The minimum absolute atomic E-state index is 0.172. The first-order chi connectivity index (χ1) is 15.6. The number of aromatic nitrogens is 3. The zero-order chi connectivity index (χ0) is 22.1. The van der Waals surface area contributed by atoms with Crippen molar-refractivity contribution in [1.29, 1.82) is 0 Å². The summed E-state index contributed by atoms with van der Waals surface area (Å²) in [7, 11) is 0. The number of likely N-dealkylation sites (tertiary alicyclic amines) is 1. The minimum Gasteiger partial charge on any atom is -0.450 e. The molecule has 2 aromatic rings. The molecule has 3 aliphatic rings. The van der Waals surface area contributed by atoms with E-state index in [1.54, 1.807) is 23.5 Å². The van der Waals surface area contributed by atoms with Gasteiger partial charge in [0.25, 0.3) is 0 Å². The van der Waals surface area contributed by atoms with E-state index in [1.165, 1.54) is 0 Å². The Kier molecular flexibility index (Phi) is 5.69. The van der Waals surface area contributed by atoms with E-state index in [0.717, 1.165) is 56.1 Å². The fourth-order valence-corrected chi connectivity index (χ4v) is 5.46. The summed E-state index contributed by atoms with van der Waals surface area (Å²) in [5, 5.41) is 10.8. The summed E-state index contributed by atoms with van der Waals surface area (Å²) in [5.41, 5.74) is 1.65. The van der Waals surface area contributed by atoms with Gasteiger partial charge in [0.1, 0.15) is 5.82 Å². The number of carbonyl (C=O) groups excluding carboxylic acids is 1. The molecule has 1 spiro atoms. The number of amides is 1. The fourth-order valence-electron chi connectivity index (χ4n) is 5.46. The van der Waals surface area contributed by atoms with E-state index in [9.17, 15) is 9.90 Å². The molecule has 32 heavy (non-hydrogen) atoms. The van der Waals surface area contributed by atoms with Gasteiger partial charge in [-0.3, -0.25) is 14.9 Å². The molecule has 2 aromatic heterocycles. The normalized spacial score (nSPS) is 25.1. The maximum Gasteiger partial charge on any atom is 0.409 e. The Labute approximate surface area is 188 Å². The van der Waals surface area contributed by atoms with Gasteiger partial charge in [-0.05, 0) is 31.9 Å². The third kappa shape index (κ3) is 3.80. The SMILES string of the molecule is CCOC(=O)N1CC2(CC(N3CCN(c4ncccc4-c4cnccn4)CC3)C[C@@H]2O)C1. The molecule has 2 aliphatic heterocycles. The Bertz CT molecular complexity index is 944. The molecule has 5 rings (SSSR count). The number of carbonyl (C=O) groups is 1. The molecule has 2 atom stereocenters.